The van der Waals surface area contributed by atoms with Crippen molar-refractivity contribution in [2.75, 3.05) is 5.32 Å². The normalized spacial score (nSPS) is 10.3. The average molecular weight is 277 g/mol. The Morgan fingerprint density at radius 2 is 2.00 bits per heavy atom. The Bertz CT molecular complexity index is 641. The number of phenolic OH excluding ortho intramolecular Hbond substituents is 1. The monoisotopic (exact) mass is 276 g/mol. The summed E-state index contributed by atoms with van der Waals surface area (Å²) in [6, 6.07) is 8.30. The molecule has 0 atom stereocenters. The van der Waals surface area contributed by atoms with Crippen molar-refractivity contribution in [3.63, 3.8) is 0 Å². The third-order valence-electron chi connectivity index (χ3n) is 2.78. The SMILES string of the molecule is Cc1cccc(C(=O)Nc2ccc(Cl)nc2C)c1O. The molecule has 2 N–H and O–H groups in total. The lowest BCUT2D eigenvalue weighted by Crippen LogP contribution is -2.13. The first-order valence-electron chi connectivity index (χ1n) is 5.72. The second kappa shape index (κ2) is 5.28. The number of rotatable bonds is 2. The Hall–Kier alpha value is -2.07. The standard InChI is InChI=1S/C14H13ClN2O2/c1-8-4-3-5-10(13(8)18)14(19)17-11-6-7-12(15)16-9(11)2/h3-7,18H,1-2H3,(H,17,19). The van der Waals surface area contributed by atoms with Crippen molar-refractivity contribution in [3.8, 4) is 5.75 Å². The van der Waals surface area contributed by atoms with E-state index in [4.69, 9.17) is 11.6 Å². The molecule has 5 heteroatoms. The molecule has 0 unspecified atom stereocenters. The molecule has 0 saturated carbocycles. The van der Waals surface area contributed by atoms with Gasteiger partial charge in [0, 0.05) is 0 Å². The topological polar surface area (TPSA) is 62.2 Å². The first-order chi connectivity index (χ1) is 8.99. The van der Waals surface area contributed by atoms with E-state index in [1.165, 1.54) is 0 Å². The summed E-state index contributed by atoms with van der Waals surface area (Å²) in [5, 5.41) is 12.9. The van der Waals surface area contributed by atoms with E-state index in [1.807, 2.05) is 0 Å². The molecule has 1 aromatic carbocycles. The number of phenols is 1. The Kier molecular flexibility index (Phi) is 3.71. The lowest BCUT2D eigenvalue weighted by molar-refractivity contribution is 0.102. The summed E-state index contributed by atoms with van der Waals surface area (Å²) < 4.78 is 0. The van der Waals surface area contributed by atoms with Gasteiger partial charge in [0.25, 0.3) is 5.91 Å². The zero-order valence-corrected chi connectivity index (χ0v) is 11.3. The highest BCUT2D eigenvalue weighted by Crippen LogP contribution is 2.23. The molecule has 19 heavy (non-hydrogen) atoms. The molecule has 2 aromatic rings. The number of anilines is 1. The Morgan fingerprint density at radius 3 is 2.68 bits per heavy atom. The summed E-state index contributed by atoms with van der Waals surface area (Å²) >= 11 is 5.75. The molecular formula is C14H13ClN2O2. The summed E-state index contributed by atoms with van der Waals surface area (Å²) in [6.07, 6.45) is 0. The molecule has 2 rings (SSSR count). The van der Waals surface area contributed by atoms with E-state index >= 15 is 0 Å². The second-order valence-corrected chi connectivity index (χ2v) is 4.58. The third kappa shape index (κ3) is 2.85. The number of aromatic hydroxyl groups is 1. The first kappa shape index (κ1) is 13.4. The number of para-hydroxylation sites is 1. The minimum atomic E-state index is -0.381. The zero-order valence-electron chi connectivity index (χ0n) is 10.6. The van der Waals surface area contributed by atoms with Gasteiger partial charge in [0.1, 0.15) is 10.9 Å². The number of pyridine rings is 1. The van der Waals surface area contributed by atoms with Crippen LogP contribution in [0, 0.1) is 13.8 Å². The molecule has 0 aliphatic carbocycles. The fourth-order valence-corrected chi connectivity index (χ4v) is 1.88. The van der Waals surface area contributed by atoms with Crippen LogP contribution in [0.2, 0.25) is 5.15 Å². The van der Waals surface area contributed by atoms with Gasteiger partial charge in [-0.05, 0) is 37.6 Å². The summed E-state index contributed by atoms with van der Waals surface area (Å²) in [6.45, 7) is 3.48. The molecule has 0 radical (unpaired) electrons. The van der Waals surface area contributed by atoms with Crippen molar-refractivity contribution < 1.29 is 9.90 Å². The van der Waals surface area contributed by atoms with Crippen LogP contribution in [-0.2, 0) is 0 Å². The molecule has 98 valence electrons. The van der Waals surface area contributed by atoms with Crippen LogP contribution in [0.3, 0.4) is 0 Å². The van der Waals surface area contributed by atoms with Crippen LogP contribution < -0.4 is 5.32 Å². The largest absolute Gasteiger partial charge is 0.507 e. The maximum Gasteiger partial charge on any atom is 0.259 e. The van der Waals surface area contributed by atoms with Crippen molar-refractivity contribution in [1.82, 2.24) is 4.98 Å². The quantitative estimate of drug-likeness (QED) is 0.827. The van der Waals surface area contributed by atoms with Crippen molar-refractivity contribution in [3.05, 3.63) is 52.3 Å². The number of aromatic nitrogens is 1. The summed E-state index contributed by atoms with van der Waals surface area (Å²) in [7, 11) is 0. The smallest absolute Gasteiger partial charge is 0.259 e. The lowest BCUT2D eigenvalue weighted by Gasteiger charge is -2.10. The Balaban J connectivity index is 2.28. The van der Waals surface area contributed by atoms with E-state index in [0.29, 0.717) is 22.1 Å². The highest BCUT2D eigenvalue weighted by atomic mass is 35.5. The van der Waals surface area contributed by atoms with Crippen LogP contribution in [0.15, 0.2) is 30.3 Å². The number of carbonyl (C=O) groups is 1. The van der Waals surface area contributed by atoms with E-state index in [9.17, 15) is 9.90 Å². The van der Waals surface area contributed by atoms with E-state index in [2.05, 4.69) is 10.3 Å². The van der Waals surface area contributed by atoms with Gasteiger partial charge in [0.05, 0.1) is 16.9 Å². The average Bonchev–Trinajstić information content (AvgIpc) is 2.36. The molecule has 0 aliphatic rings. The highest BCUT2D eigenvalue weighted by molar-refractivity contribution is 6.29. The molecule has 0 aliphatic heterocycles. The molecule has 0 fully saturated rings. The van der Waals surface area contributed by atoms with Gasteiger partial charge < -0.3 is 10.4 Å². The number of amides is 1. The summed E-state index contributed by atoms with van der Waals surface area (Å²) in [5.74, 6) is -0.395. The molecule has 1 heterocycles. The van der Waals surface area contributed by atoms with Crippen molar-refractivity contribution in [2.24, 2.45) is 0 Å². The number of nitrogens with one attached hydrogen (secondary N) is 1. The molecule has 0 bridgehead atoms. The van der Waals surface area contributed by atoms with E-state index < -0.39 is 0 Å². The van der Waals surface area contributed by atoms with Gasteiger partial charge >= 0.3 is 0 Å². The summed E-state index contributed by atoms with van der Waals surface area (Å²) in [4.78, 5) is 16.1. The predicted molar refractivity (Wildman–Crippen MR) is 74.8 cm³/mol. The Labute approximate surface area is 116 Å². The van der Waals surface area contributed by atoms with Crippen LogP contribution in [-0.4, -0.2) is 16.0 Å². The highest BCUT2D eigenvalue weighted by Gasteiger charge is 2.13. The lowest BCUT2D eigenvalue weighted by atomic mass is 10.1. The molecule has 1 amide bonds. The van der Waals surface area contributed by atoms with Gasteiger partial charge in [-0.1, -0.05) is 23.7 Å². The number of halogens is 1. The molecule has 0 saturated heterocycles. The van der Waals surface area contributed by atoms with E-state index in [-0.39, 0.29) is 17.2 Å². The molecule has 1 aromatic heterocycles. The molecular weight excluding hydrogens is 264 g/mol. The van der Waals surface area contributed by atoms with E-state index in [0.717, 1.165) is 0 Å². The minimum Gasteiger partial charge on any atom is -0.507 e. The van der Waals surface area contributed by atoms with Crippen LogP contribution in [0.5, 0.6) is 5.75 Å². The van der Waals surface area contributed by atoms with Gasteiger partial charge in [0.2, 0.25) is 0 Å². The van der Waals surface area contributed by atoms with Gasteiger partial charge in [-0.2, -0.15) is 0 Å². The number of carbonyl (C=O) groups excluding carboxylic acids is 1. The predicted octanol–water partition coefficient (Wildman–Crippen LogP) is 3.31. The third-order valence-corrected chi connectivity index (χ3v) is 2.99. The van der Waals surface area contributed by atoms with Crippen LogP contribution >= 0.6 is 11.6 Å². The molecule has 4 nitrogen and oxygen atoms in total. The first-order valence-corrected chi connectivity index (χ1v) is 6.10. The number of benzene rings is 1. The zero-order chi connectivity index (χ0) is 14.0. The number of hydrogen-bond acceptors (Lipinski definition) is 3. The maximum absolute atomic E-state index is 12.1. The number of hydrogen-bond donors (Lipinski definition) is 2. The van der Waals surface area contributed by atoms with Crippen molar-refractivity contribution in [1.29, 1.82) is 0 Å². The van der Waals surface area contributed by atoms with Gasteiger partial charge in [-0.15, -0.1) is 0 Å². The second-order valence-electron chi connectivity index (χ2n) is 4.19. The van der Waals surface area contributed by atoms with Crippen molar-refractivity contribution in [2.45, 2.75) is 13.8 Å². The number of nitrogens with zero attached hydrogens (tertiary/aromatic N) is 1. The van der Waals surface area contributed by atoms with Gasteiger partial charge in [-0.25, -0.2) is 4.98 Å². The summed E-state index contributed by atoms with van der Waals surface area (Å²) in [5.41, 5.74) is 2.07. The van der Waals surface area contributed by atoms with Crippen LogP contribution in [0.1, 0.15) is 21.6 Å². The minimum absolute atomic E-state index is 0.0143. The van der Waals surface area contributed by atoms with Crippen molar-refractivity contribution >= 4 is 23.2 Å². The molecule has 0 spiro atoms. The Morgan fingerprint density at radius 1 is 1.26 bits per heavy atom. The van der Waals surface area contributed by atoms with Crippen LogP contribution in [0.25, 0.3) is 0 Å². The fourth-order valence-electron chi connectivity index (χ4n) is 1.69. The maximum atomic E-state index is 12.1. The fraction of sp³-hybridized carbons (Fsp3) is 0.143. The van der Waals surface area contributed by atoms with Gasteiger partial charge in [-0.3, -0.25) is 4.79 Å². The van der Waals surface area contributed by atoms with Crippen LogP contribution in [0.4, 0.5) is 5.69 Å². The number of aryl methyl sites for hydroxylation is 2. The van der Waals surface area contributed by atoms with E-state index in [1.54, 1.807) is 44.2 Å². The van der Waals surface area contributed by atoms with Gasteiger partial charge in [0.15, 0.2) is 0 Å².